The van der Waals surface area contributed by atoms with Crippen molar-refractivity contribution >= 4 is 29.2 Å². The summed E-state index contributed by atoms with van der Waals surface area (Å²) in [5.41, 5.74) is 0.142. The van der Waals surface area contributed by atoms with Crippen molar-refractivity contribution < 1.29 is 19.6 Å². The molecule has 0 aliphatic carbocycles. The van der Waals surface area contributed by atoms with Crippen molar-refractivity contribution in [3.05, 3.63) is 39.9 Å². The van der Waals surface area contributed by atoms with Crippen molar-refractivity contribution in [3.63, 3.8) is 0 Å². The van der Waals surface area contributed by atoms with Gasteiger partial charge in [-0.05, 0) is 0 Å². The standard InChI is InChI=1S/C11H11NO5S/c13-10(7-18-5-4-11(14)15)8-2-1-3-9(6-8)12(16)17/h1-3,6H,4-5,7H2,(H,14,15). The van der Waals surface area contributed by atoms with E-state index < -0.39 is 10.9 Å². The van der Waals surface area contributed by atoms with Crippen LogP contribution in [0.2, 0.25) is 0 Å². The van der Waals surface area contributed by atoms with Crippen LogP contribution < -0.4 is 0 Å². The van der Waals surface area contributed by atoms with E-state index in [2.05, 4.69) is 0 Å². The predicted molar refractivity (Wildman–Crippen MR) is 67.0 cm³/mol. The molecule has 0 aliphatic heterocycles. The van der Waals surface area contributed by atoms with Crippen molar-refractivity contribution in [1.82, 2.24) is 0 Å². The second kappa shape index (κ2) is 6.75. The first-order chi connectivity index (χ1) is 8.50. The fourth-order valence-electron chi connectivity index (χ4n) is 1.20. The molecule has 1 aromatic rings. The summed E-state index contributed by atoms with van der Waals surface area (Å²) in [5, 5.41) is 19.0. The minimum absolute atomic E-state index is 0.00706. The maximum atomic E-state index is 11.7. The first-order valence-electron chi connectivity index (χ1n) is 5.08. The number of rotatable bonds is 7. The van der Waals surface area contributed by atoms with Crippen LogP contribution in [0.5, 0.6) is 0 Å². The number of carboxylic acid groups (broad SMARTS) is 1. The third-order valence-corrected chi connectivity index (χ3v) is 3.03. The second-order valence-corrected chi connectivity index (χ2v) is 4.53. The molecule has 18 heavy (non-hydrogen) atoms. The maximum absolute atomic E-state index is 11.7. The summed E-state index contributed by atoms with van der Waals surface area (Å²) in [5.74, 6) is -0.691. The Morgan fingerprint density at radius 1 is 1.39 bits per heavy atom. The van der Waals surface area contributed by atoms with Gasteiger partial charge in [-0.15, -0.1) is 0 Å². The van der Waals surface area contributed by atoms with Crippen molar-refractivity contribution in [2.45, 2.75) is 6.42 Å². The molecule has 0 spiro atoms. The van der Waals surface area contributed by atoms with Gasteiger partial charge in [0, 0.05) is 23.4 Å². The topological polar surface area (TPSA) is 97.5 Å². The number of carbonyl (C=O) groups is 2. The average molecular weight is 269 g/mol. The molecule has 1 rings (SSSR count). The fraction of sp³-hybridized carbons (Fsp3) is 0.273. The van der Waals surface area contributed by atoms with Gasteiger partial charge in [0.15, 0.2) is 5.78 Å². The van der Waals surface area contributed by atoms with Crippen LogP contribution in [0.15, 0.2) is 24.3 Å². The molecule has 1 N–H and O–H groups in total. The predicted octanol–water partition coefficient (Wildman–Crippen LogP) is 1.99. The Labute approximate surface area is 107 Å². The highest BCUT2D eigenvalue weighted by Crippen LogP contribution is 2.15. The number of aliphatic carboxylic acids is 1. The van der Waals surface area contributed by atoms with Gasteiger partial charge in [-0.2, -0.15) is 11.8 Å². The van der Waals surface area contributed by atoms with Crippen molar-refractivity contribution in [2.24, 2.45) is 0 Å². The molecule has 0 fully saturated rings. The Balaban J connectivity index is 2.53. The molecule has 0 bridgehead atoms. The summed E-state index contributed by atoms with van der Waals surface area (Å²) in [7, 11) is 0. The largest absolute Gasteiger partial charge is 0.481 e. The molecular formula is C11H11NO5S. The van der Waals surface area contributed by atoms with Crippen LogP contribution in [-0.4, -0.2) is 33.3 Å². The highest BCUT2D eigenvalue weighted by molar-refractivity contribution is 8.00. The molecule has 0 amide bonds. The van der Waals surface area contributed by atoms with E-state index in [-0.39, 0.29) is 29.2 Å². The number of nitrogens with zero attached hydrogens (tertiary/aromatic N) is 1. The average Bonchev–Trinajstić information content (AvgIpc) is 2.34. The van der Waals surface area contributed by atoms with E-state index in [4.69, 9.17) is 5.11 Å². The summed E-state index contributed by atoms with van der Waals surface area (Å²) in [6.45, 7) is 0. The first-order valence-corrected chi connectivity index (χ1v) is 6.23. The van der Waals surface area contributed by atoms with E-state index in [9.17, 15) is 19.7 Å². The molecule has 0 saturated heterocycles. The van der Waals surface area contributed by atoms with Crippen LogP contribution in [0.25, 0.3) is 0 Å². The summed E-state index contributed by atoms with van der Waals surface area (Å²) in [6, 6.07) is 5.49. The van der Waals surface area contributed by atoms with Crippen LogP contribution in [-0.2, 0) is 4.79 Å². The smallest absolute Gasteiger partial charge is 0.304 e. The zero-order valence-electron chi connectivity index (χ0n) is 9.37. The molecule has 0 saturated carbocycles. The van der Waals surface area contributed by atoms with E-state index in [0.29, 0.717) is 5.75 Å². The molecule has 0 aromatic heterocycles. The number of non-ortho nitro benzene ring substituents is 1. The van der Waals surface area contributed by atoms with Crippen molar-refractivity contribution in [3.8, 4) is 0 Å². The Kier molecular flexibility index (Phi) is 5.31. The minimum Gasteiger partial charge on any atom is -0.481 e. The zero-order chi connectivity index (χ0) is 13.5. The number of hydrogen-bond acceptors (Lipinski definition) is 5. The van der Waals surface area contributed by atoms with Gasteiger partial charge in [-0.1, -0.05) is 12.1 Å². The van der Waals surface area contributed by atoms with Gasteiger partial charge in [0.1, 0.15) is 0 Å². The van der Waals surface area contributed by atoms with Gasteiger partial charge >= 0.3 is 5.97 Å². The molecule has 6 nitrogen and oxygen atoms in total. The van der Waals surface area contributed by atoms with Crippen molar-refractivity contribution in [2.75, 3.05) is 11.5 Å². The lowest BCUT2D eigenvalue weighted by molar-refractivity contribution is -0.384. The summed E-state index contributed by atoms with van der Waals surface area (Å²) in [4.78, 5) is 31.9. The van der Waals surface area contributed by atoms with Gasteiger partial charge < -0.3 is 5.11 Å². The summed E-state index contributed by atoms with van der Waals surface area (Å²) < 4.78 is 0. The first kappa shape index (κ1) is 14.2. The van der Waals surface area contributed by atoms with Gasteiger partial charge in [-0.3, -0.25) is 19.7 Å². The second-order valence-electron chi connectivity index (χ2n) is 3.43. The van der Waals surface area contributed by atoms with Gasteiger partial charge in [-0.25, -0.2) is 0 Å². The molecular weight excluding hydrogens is 258 g/mol. The van der Waals surface area contributed by atoms with E-state index in [1.54, 1.807) is 0 Å². The Hall–Kier alpha value is -1.89. The molecule has 1 aromatic carbocycles. The third kappa shape index (κ3) is 4.54. The van der Waals surface area contributed by atoms with Crippen LogP contribution in [0.4, 0.5) is 5.69 Å². The number of Topliss-reactive ketones (excluding diaryl/α,β-unsaturated/α-hetero) is 1. The minimum atomic E-state index is -0.912. The lowest BCUT2D eigenvalue weighted by atomic mass is 10.1. The number of nitro benzene ring substituents is 1. The van der Waals surface area contributed by atoms with Crippen molar-refractivity contribution in [1.29, 1.82) is 0 Å². The highest BCUT2D eigenvalue weighted by atomic mass is 32.2. The molecule has 0 heterocycles. The lowest BCUT2D eigenvalue weighted by Gasteiger charge is -2.00. The van der Waals surface area contributed by atoms with Crippen LogP contribution in [0, 0.1) is 10.1 Å². The maximum Gasteiger partial charge on any atom is 0.304 e. The fourth-order valence-corrected chi connectivity index (χ4v) is 2.02. The third-order valence-electron chi connectivity index (χ3n) is 2.07. The van der Waals surface area contributed by atoms with Crippen LogP contribution >= 0.6 is 11.8 Å². The summed E-state index contributed by atoms with van der Waals surface area (Å²) >= 11 is 1.20. The number of nitro groups is 1. The van der Waals surface area contributed by atoms with Gasteiger partial charge in [0.2, 0.25) is 0 Å². The number of benzene rings is 1. The Bertz CT molecular complexity index is 474. The van der Waals surface area contributed by atoms with Crippen LogP contribution in [0.1, 0.15) is 16.8 Å². The Morgan fingerprint density at radius 2 is 2.11 bits per heavy atom. The van der Waals surface area contributed by atoms with E-state index >= 15 is 0 Å². The molecule has 0 unspecified atom stereocenters. The molecule has 0 atom stereocenters. The molecule has 7 heteroatoms. The number of carboxylic acids is 1. The Morgan fingerprint density at radius 3 is 2.72 bits per heavy atom. The summed E-state index contributed by atoms with van der Waals surface area (Å²) in [6.07, 6.45) is -0.00706. The molecule has 0 radical (unpaired) electrons. The number of ketones is 1. The van der Waals surface area contributed by atoms with Gasteiger partial charge in [0.05, 0.1) is 17.1 Å². The normalized spacial score (nSPS) is 10.0. The zero-order valence-corrected chi connectivity index (χ0v) is 10.2. The molecule has 96 valence electrons. The lowest BCUT2D eigenvalue weighted by Crippen LogP contribution is -2.05. The van der Waals surface area contributed by atoms with Gasteiger partial charge in [0.25, 0.3) is 5.69 Å². The quantitative estimate of drug-likeness (QED) is 0.352. The monoisotopic (exact) mass is 269 g/mol. The van der Waals surface area contributed by atoms with E-state index in [1.165, 1.54) is 36.0 Å². The number of hydrogen-bond donors (Lipinski definition) is 1. The number of thioether (sulfide) groups is 1. The van der Waals surface area contributed by atoms with Crippen LogP contribution in [0.3, 0.4) is 0 Å². The van der Waals surface area contributed by atoms with E-state index in [1.807, 2.05) is 0 Å². The van der Waals surface area contributed by atoms with E-state index in [0.717, 1.165) is 0 Å². The molecule has 0 aliphatic rings. The SMILES string of the molecule is O=C(O)CCSCC(=O)c1cccc([N+](=O)[O-])c1. The number of carbonyl (C=O) groups excluding carboxylic acids is 1. The highest BCUT2D eigenvalue weighted by Gasteiger charge is 2.11.